The van der Waals surface area contributed by atoms with E-state index in [1.807, 2.05) is 0 Å². The minimum atomic E-state index is -0.579. The number of hydrogen-bond acceptors (Lipinski definition) is 4. The molecule has 0 radical (unpaired) electrons. The second-order valence-electron chi connectivity index (χ2n) is 4.68. The molecule has 6 nitrogen and oxygen atoms in total. The van der Waals surface area contributed by atoms with Gasteiger partial charge in [-0.1, -0.05) is 0 Å². The first-order valence-corrected chi connectivity index (χ1v) is 6.35. The minimum Gasteiger partial charge on any atom is -0.472 e. The van der Waals surface area contributed by atoms with E-state index >= 15 is 0 Å². The van der Waals surface area contributed by atoms with Crippen LogP contribution in [0.3, 0.4) is 0 Å². The largest absolute Gasteiger partial charge is 0.472 e. The predicted octanol–water partition coefficient (Wildman–Crippen LogP) is 0.551. The van der Waals surface area contributed by atoms with Crippen LogP contribution in [-0.2, 0) is 9.53 Å². The zero-order valence-electron chi connectivity index (χ0n) is 10.8. The van der Waals surface area contributed by atoms with Crippen molar-refractivity contribution in [3.05, 3.63) is 24.2 Å². The molecule has 1 aliphatic rings. The number of rotatable bonds is 5. The fourth-order valence-electron chi connectivity index (χ4n) is 1.88. The van der Waals surface area contributed by atoms with Crippen molar-refractivity contribution in [3.63, 3.8) is 0 Å². The van der Waals surface area contributed by atoms with Gasteiger partial charge in [-0.3, -0.25) is 9.59 Å². The molecule has 104 valence electrons. The molecule has 0 aromatic carbocycles. The van der Waals surface area contributed by atoms with E-state index in [2.05, 4.69) is 10.6 Å². The second-order valence-corrected chi connectivity index (χ2v) is 4.68. The fourth-order valence-corrected chi connectivity index (χ4v) is 1.88. The first-order chi connectivity index (χ1) is 9.16. The van der Waals surface area contributed by atoms with Crippen molar-refractivity contribution < 1.29 is 18.7 Å². The summed E-state index contributed by atoms with van der Waals surface area (Å²) in [5.41, 5.74) is 0.406. The van der Waals surface area contributed by atoms with Gasteiger partial charge in [0.05, 0.1) is 18.4 Å². The lowest BCUT2D eigenvalue weighted by Crippen LogP contribution is -2.46. The molecule has 0 aliphatic carbocycles. The van der Waals surface area contributed by atoms with Crippen molar-refractivity contribution >= 4 is 11.8 Å². The number of carbonyl (C=O) groups is 2. The maximum absolute atomic E-state index is 11.8. The summed E-state index contributed by atoms with van der Waals surface area (Å²) >= 11 is 0. The Bertz CT molecular complexity index is 424. The lowest BCUT2D eigenvalue weighted by Gasteiger charge is -2.15. The molecule has 2 N–H and O–H groups in total. The number of furan rings is 1. The quantitative estimate of drug-likeness (QED) is 0.815. The topological polar surface area (TPSA) is 80.6 Å². The lowest BCUT2D eigenvalue weighted by molar-refractivity contribution is -0.122. The smallest absolute Gasteiger partial charge is 0.255 e. The highest BCUT2D eigenvalue weighted by molar-refractivity contribution is 5.97. The molecule has 2 heterocycles. The number of carbonyl (C=O) groups excluding carboxylic acids is 2. The highest BCUT2D eigenvalue weighted by Crippen LogP contribution is 2.10. The molecule has 2 atom stereocenters. The Labute approximate surface area is 111 Å². The van der Waals surface area contributed by atoms with Crippen LogP contribution in [0.4, 0.5) is 0 Å². The van der Waals surface area contributed by atoms with Gasteiger partial charge in [-0.15, -0.1) is 0 Å². The molecule has 1 saturated heterocycles. The van der Waals surface area contributed by atoms with Gasteiger partial charge < -0.3 is 19.8 Å². The Morgan fingerprint density at radius 2 is 2.37 bits per heavy atom. The van der Waals surface area contributed by atoms with Gasteiger partial charge >= 0.3 is 0 Å². The van der Waals surface area contributed by atoms with Crippen LogP contribution in [-0.4, -0.2) is 37.6 Å². The summed E-state index contributed by atoms with van der Waals surface area (Å²) < 4.78 is 10.0. The van der Waals surface area contributed by atoms with Gasteiger partial charge in [0.2, 0.25) is 5.91 Å². The second kappa shape index (κ2) is 6.38. The van der Waals surface area contributed by atoms with Crippen molar-refractivity contribution in [3.8, 4) is 0 Å². The van der Waals surface area contributed by atoms with Crippen molar-refractivity contribution in [1.82, 2.24) is 10.6 Å². The van der Waals surface area contributed by atoms with E-state index in [9.17, 15) is 9.59 Å². The third-order valence-electron chi connectivity index (χ3n) is 3.11. The van der Waals surface area contributed by atoms with E-state index in [1.54, 1.807) is 13.0 Å². The molecule has 1 aromatic heterocycles. The van der Waals surface area contributed by atoms with E-state index in [0.717, 1.165) is 13.0 Å². The third kappa shape index (κ3) is 3.82. The van der Waals surface area contributed by atoms with Crippen molar-refractivity contribution in [2.75, 3.05) is 19.8 Å². The molecular formula is C13H18N2O4. The molecule has 0 unspecified atom stereocenters. The molecule has 2 amide bonds. The van der Waals surface area contributed by atoms with Crippen molar-refractivity contribution in [2.45, 2.75) is 19.4 Å². The molecule has 19 heavy (non-hydrogen) atoms. The Morgan fingerprint density at radius 3 is 3.00 bits per heavy atom. The zero-order chi connectivity index (χ0) is 13.7. The molecule has 6 heteroatoms. The molecule has 0 spiro atoms. The number of ether oxygens (including phenoxy) is 1. The molecule has 0 bridgehead atoms. The summed E-state index contributed by atoms with van der Waals surface area (Å²) in [4.78, 5) is 23.5. The molecule has 1 fully saturated rings. The average molecular weight is 266 g/mol. The Hall–Kier alpha value is -1.82. The van der Waals surface area contributed by atoms with Crippen molar-refractivity contribution in [1.29, 1.82) is 0 Å². The minimum absolute atomic E-state index is 0.191. The number of hydrogen-bond donors (Lipinski definition) is 2. The molecule has 2 rings (SSSR count). The molecule has 0 saturated carbocycles. The van der Waals surface area contributed by atoms with E-state index < -0.39 is 6.04 Å². The van der Waals surface area contributed by atoms with Crippen LogP contribution in [0.15, 0.2) is 23.0 Å². The van der Waals surface area contributed by atoms with Gasteiger partial charge in [0.15, 0.2) is 0 Å². The van der Waals surface area contributed by atoms with Crippen LogP contribution in [0.2, 0.25) is 0 Å². The molecule has 1 aliphatic heterocycles. The van der Waals surface area contributed by atoms with Crippen LogP contribution >= 0.6 is 0 Å². The van der Waals surface area contributed by atoms with Crippen LogP contribution in [0.1, 0.15) is 23.7 Å². The Balaban J connectivity index is 1.74. The van der Waals surface area contributed by atoms with Gasteiger partial charge in [-0.05, 0) is 19.4 Å². The summed E-state index contributed by atoms with van der Waals surface area (Å²) in [5.74, 6) is -0.134. The Kier molecular flexibility index (Phi) is 4.57. The van der Waals surface area contributed by atoms with Gasteiger partial charge in [0.1, 0.15) is 12.3 Å². The third-order valence-corrected chi connectivity index (χ3v) is 3.11. The molecular weight excluding hydrogens is 248 g/mol. The van der Waals surface area contributed by atoms with Gasteiger partial charge in [0.25, 0.3) is 5.91 Å². The van der Waals surface area contributed by atoms with Crippen LogP contribution < -0.4 is 10.6 Å². The van der Waals surface area contributed by atoms with Crippen LogP contribution in [0.25, 0.3) is 0 Å². The summed E-state index contributed by atoms with van der Waals surface area (Å²) in [7, 11) is 0. The van der Waals surface area contributed by atoms with Crippen molar-refractivity contribution in [2.24, 2.45) is 5.92 Å². The van der Waals surface area contributed by atoms with Crippen LogP contribution in [0, 0.1) is 5.92 Å². The van der Waals surface area contributed by atoms with Gasteiger partial charge in [-0.2, -0.15) is 0 Å². The van der Waals surface area contributed by atoms with E-state index in [-0.39, 0.29) is 11.8 Å². The van der Waals surface area contributed by atoms with Crippen LogP contribution in [0.5, 0.6) is 0 Å². The number of amides is 2. The first-order valence-electron chi connectivity index (χ1n) is 6.35. The summed E-state index contributed by atoms with van der Waals surface area (Å²) in [6.45, 7) is 3.69. The first kappa shape index (κ1) is 13.6. The zero-order valence-corrected chi connectivity index (χ0v) is 10.8. The summed E-state index contributed by atoms with van der Waals surface area (Å²) in [6, 6.07) is 0.972. The molecule has 1 aromatic rings. The van der Waals surface area contributed by atoms with E-state index in [4.69, 9.17) is 9.15 Å². The SMILES string of the molecule is C[C@@H](NC(=O)c1ccoc1)C(=O)NC[C@@H]1CCOC1. The average Bonchev–Trinajstić information content (AvgIpc) is 3.08. The summed E-state index contributed by atoms with van der Waals surface area (Å²) in [6.07, 6.45) is 3.73. The predicted molar refractivity (Wildman–Crippen MR) is 67.6 cm³/mol. The Morgan fingerprint density at radius 1 is 1.53 bits per heavy atom. The highest BCUT2D eigenvalue weighted by atomic mass is 16.5. The normalized spacial score (nSPS) is 19.9. The monoisotopic (exact) mass is 266 g/mol. The summed E-state index contributed by atoms with van der Waals surface area (Å²) in [5, 5.41) is 5.43. The standard InChI is InChI=1S/C13H18N2O4/c1-9(15-13(17)11-3-5-19-8-11)12(16)14-6-10-2-4-18-7-10/h3,5,8-10H,2,4,6-7H2,1H3,(H,14,16)(H,15,17)/t9-,10+/m1/s1. The fraction of sp³-hybridized carbons (Fsp3) is 0.538. The highest BCUT2D eigenvalue weighted by Gasteiger charge is 2.20. The van der Waals surface area contributed by atoms with E-state index in [0.29, 0.717) is 24.6 Å². The van der Waals surface area contributed by atoms with Gasteiger partial charge in [-0.25, -0.2) is 0 Å². The maximum atomic E-state index is 11.8. The van der Waals surface area contributed by atoms with Gasteiger partial charge in [0, 0.05) is 19.1 Å². The number of nitrogens with one attached hydrogen (secondary N) is 2. The van der Waals surface area contributed by atoms with E-state index in [1.165, 1.54) is 12.5 Å². The maximum Gasteiger partial charge on any atom is 0.255 e. The lowest BCUT2D eigenvalue weighted by atomic mass is 10.1.